The van der Waals surface area contributed by atoms with Crippen LogP contribution in [0.5, 0.6) is 5.75 Å². The van der Waals surface area contributed by atoms with Gasteiger partial charge in [-0.1, -0.05) is 0 Å². The highest BCUT2D eigenvalue weighted by Crippen LogP contribution is 2.20. The number of anilines is 1. The SMILES string of the molecule is Cc1cc(N)ccc1OCCC(=O)NC1CC1. The predicted molar refractivity (Wildman–Crippen MR) is 66.9 cm³/mol. The highest BCUT2D eigenvalue weighted by atomic mass is 16.5. The molecule has 1 fully saturated rings. The fourth-order valence-electron chi connectivity index (χ4n) is 1.62. The van der Waals surface area contributed by atoms with Crippen molar-refractivity contribution in [2.75, 3.05) is 12.3 Å². The van der Waals surface area contributed by atoms with E-state index in [1.807, 2.05) is 19.1 Å². The molecule has 4 nitrogen and oxygen atoms in total. The molecule has 0 heterocycles. The Balaban J connectivity index is 1.75. The Bertz CT molecular complexity index is 414. The molecule has 0 unspecified atom stereocenters. The number of rotatable bonds is 5. The molecular formula is C13H18N2O2. The Morgan fingerprint density at radius 3 is 2.94 bits per heavy atom. The minimum absolute atomic E-state index is 0.0700. The van der Waals surface area contributed by atoms with Gasteiger partial charge in [0, 0.05) is 11.7 Å². The van der Waals surface area contributed by atoms with Gasteiger partial charge in [0.15, 0.2) is 0 Å². The summed E-state index contributed by atoms with van der Waals surface area (Å²) >= 11 is 0. The topological polar surface area (TPSA) is 64.3 Å². The van der Waals surface area contributed by atoms with Gasteiger partial charge in [-0.2, -0.15) is 0 Å². The first-order valence-corrected chi connectivity index (χ1v) is 5.93. The molecule has 4 heteroatoms. The zero-order chi connectivity index (χ0) is 12.3. The van der Waals surface area contributed by atoms with E-state index < -0.39 is 0 Å². The molecule has 0 atom stereocenters. The third kappa shape index (κ3) is 3.66. The normalized spacial score (nSPS) is 14.4. The van der Waals surface area contributed by atoms with Crippen LogP contribution in [0.1, 0.15) is 24.8 Å². The molecular weight excluding hydrogens is 216 g/mol. The van der Waals surface area contributed by atoms with Crippen LogP contribution in [0.4, 0.5) is 5.69 Å². The highest BCUT2D eigenvalue weighted by molar-refractivity contribution is 5.76. The lowest BCUT2D eigenvalue weighted by molar-refractivity contribution is -0.121. The number of nitrogen functional groups attached to an aromatic ring is 1. The molecule has 0 saturated heterocycles. The Morgan fingerprint density at radius 1 is 1.53 bits per heavy atom. The molecule has 2 rings (SSSR count). The van der Waals surface area contributed by atoms with E-state index in [1.54, 1.807) is 6.07 Å². The number of amides is 1. The summed E-state index contributed by atoms with van der Waals surface area (Å²) in [5.41, 5.74) is 7.36. The van der Waals surface area contributed by atoms with E-state index in [1.165, 1.54) is 0 Å². The van der Waals surface area contributed by atoms with Crippen LogP contribution in [0.2, 0.25) is 0 Å². The maximum absolute atomic E-state index is 11.4. The zero-order valence-corrected chi connectivity index (χ0v) is 10.0. The second-order valence-electron chi connectivity index (χ2n) is 4.47. The summed E-state index contributed by atoms with van der Waals surface area (Å²) in [5.74, 6) is 0.860. The Labute approximate surface area is 101 Å². The molecule has 1 saturated carbocycles. The van der Waals surface area contributed by atoms with Crippen molar-refractivity contribution in [1.82, 2.24) is 5.32 Å². The van der Waals surface area contributed by atoms with E-state index in [2.05, 4.69) is 5.32 Å². The van der Waals surface area contributed by atoms with Crippen LogP contribution in [-0.2, 0) is 4.79 Å². The lowest BCUT2D eigenvalue weighted by Gasteiger charge is -2.09. The van der Waals surface area contributed by atoms with Gasteiger partial charge >= 0.3 is 0 Å². The van der Waals surface area contributed by atoms with Gasteiger partial charge in [-0.05, 0) is 43.5 Å². The van der Waals surface area contributed by atoms with Crippen molar-refractivity contribution >= 4 is 11.6 Å². The van der Waals surface area contributed by atoms with E-state index in [4.69, 9.17) is 10.5 Å². The van der Waals surface area contributed by atoms with E-state index >= 15 is 0 Å². The van der Waals surface area contributed by atoms with Crippen molar-refractivity contribution in [2.24, 2.45) is 0 Å². The molecule has 0 bridgehead atoms. The summed E-state index contributed by atoms with van der Waals surface area (Å²) in [7, 11) is 0. The summed E-state index contributed by atoms with van der Waals surface area (Å²) in [5, 5.41) is 2.92. The number of hydrogen-bond acceptors (Lipinski definition) is 3. The molecule has 17 heavy (non-hydrogen) atoms. The van der Waals surface area contributed by atoms with Gasteiger partial charge in [-0.15, -0.1) is 0 Å². The first-order chi connectivity index (χ1) is 8.15. The van der Waals surface area contributed by atoms with Crippen molar-refractivity contribution < 1.29 is 9.53 Å². The molecule has 1 amide bonds. The second-order valence-corrected chi connectivity index (χ2v) is 4.47. The third-order valence-corrected chi connectivity index (χ3v) is 2.73. The smallest absolute Gasteiger partial charge is 0.223 e. The van der Waals surface area contributed by atoms with Crippen LogP contribution in [0.25, 0.3) is 0 Å². The minimum atomic E-state index is 0.0700. The number of ether oxygens (including phenoxy) is 1. The van der Waals surface area contributed by atoms with Crippen LogP contribution in [0.15, 0.2) is 18.2 Å². The molecule has 3 N–H and O–H groups in total. The average molecular weight is 234 g/mol. The predicted octanol–water partition coefficient (Wildman–Crippen LogP) is 1.62. The molecule has 1 aliphatic rings. The molecule has 1 aromatic rings. The van der Waals surface area contributed by atoms with Gasteiger partial charge in [-0.3, -0.25) is 4.79 Å². The maximum atomic E-state index is 11.4. The van der Waals surface area contributed by atoms with Gasteiger partial charge in [0.25, 0.3) is 0 Å². The average Bonchev–Trinajstić information content (AvgIpc) is 3.05. The van der Waals surface area contributed by atoms with Crippen LogP contribution < -0.4 is 15.8 Å². The third-order valence-electron chi connectivity index (χ3n) is 2.73. The molecule has 0 aliphatic heterocycles. The van der Waals surface area contributed by atoms with E-state index in [9.17, 15) is 4.79 Å². The van der Waals surface area contributed by atoms with Crippen LogP contribution >= 0.6 is 0 Å². The quantitative estimate of drug-likeness (QED) is 0.761. The van der Waals surface area contributed by atoms with Gasteiger partial charge in [-0.25, -0.2) is 0 Å². The van der Waals surface area contributed by atoms with Gasteiger partial charge < -0.3 is 15.8 Å². The van der Waals surface area contributed by atoms with Crippen molar-refractivity contribution in [3.05, 3.63) is 23.8 Å². The lowest BCUT2D eigenvalue weighted by Crippen LogP contribution is -2.26. The minimum Gasteiger partial charge on any atom is -0.493 e. The summed E-state index contributed by atoms with van der Waals surface area (Å²) < 4.78 is 5.55. The van der Waals surface area contributed by atoms with E-state index in [-0.39, 0.29) is 5.91 Å². The monoisotopic (exact) mass is 234 g/mol. The highest BCUT2D eigenvalue weighted by Gasteiger charge is 2.22. The molecule has 1 aliphatic carbocycles. The summed E-state index contributed by atoms with van der Waals surface area (Å²) in [6.45, 7) is 2.35. The first-order valence-electron chi connectivity index (χ1n) is 5.93. The molecule has 92 valence electrons. The fourth-order valence-corrected chi connectivity index (χ4v) is 1.62. The van der Waals surface area contributed by atoms with Crippen molar-refractivity contribution in [1.29, 1.82) is 0 Å². The second kappa shape index (κ2) is 5.08. The van der Waals surface area contributed by atoms with Crippen LogP contribution in [0, 0.1) is 6.92 Å². The summed E-state index contributed by atoms with van der Waals surface area (Å²) in [4.78, 5) is 11.4. The van der Waals surface area contributed by atoms with Gasteiger partial charge in [0.2, 0.25) is 5.91 Å². The molecule has 0 spiro atoms. The Hall–Kier alpha value is -1.71. The Morgan fingerprint density at radius 2 is 2.29 bits per heavy atom. The molecule has 0 aromatic heterocycles. The molecule has 1 aromatic carbocycles. The number of benzene rings is 1. The Kier molecular flexibility index (Phi) is 3.52. The standard InChI is InChI=1S/C13H18N2O2/c1-9-8-10(14)2-5-12(9)17-7-6-13(16)15-11-3-4-11/h2,5,8,11H,3-4,6-7,14H2,1H3,(H,15,16). The summed E-state index contributed by atoms with van der Waals surface area (Å²) in [6, 6.07) is 5.91. The number of carbonyl (C=O) groups excluding carboxylic acids is 1. The number of hydrogen-bond donors (Lipinski definition) is 2. The van der Waals surface area contributed by atoms with Gasteiger partial charge in [0.1, 0.15) is 5.75 Å². The van der Waals surface area contributed by atoms with E-state index in [0.717, 1.165) is 29.8 Å². The van der Waals surface area contributed by atoms with Crippen LogP contribution in [0.3, 0.4) is 0 Å². The fraction of sp³-hybridized carbons (Fsp3) is 0.462. The largest absolute Gasteiger partial charge is 0.493 e. The number of carbonyl (C=O) groups is 1. The van der Waals surface area contributed by atoms with Crippen molar-refractivity contribution in [2.45, 2.75) is 32.2 Å². The van der Waals surface area contributed by atoms with Crippen LogP contribution in [-0.4, -0.2) is 18.6 Å². The first kappa shape index (κ1) is 11.8. The number of nitrogens with one attached hydrogen (secondary N) is 1. The number of aryl methyl sites for hydroxylation is 1. The van der Waals surface area contributed by atoms with E-state index in [0.29, 0.717) is 19.1 Å². The van der Waals surface area contributed by atoms with Crippen molar-refractivity contribution in [3.8, 4) is 5.75 Å². The number of nitrogens with two attached hydrogens (primary N) is 1. The maximum Gasteiger partial charge on any atom is 0.223 e. The summed E-state index contributed by atoms with van der Waals surface area (Å²) in [6.07, 6.45) is 2.63. The van der Waals surface area contributed by atoms with Gasteiger partial charge in [0.05, 0.1) is 13.0 Å². The zero-order valence-electron chi connectivity index (χ0n) is 10.0. The lowest BCUT2D eigenvalue weighted by atomic mass is 10.2. The molecule has 0 radical (unpaired) electrons. The van der Waals surface area contributed by atoms with Crippen molar-refractivity contribution in [3.63, 3.8) is 0 Å².